The zero-order valence-corrected chi connectivity index (χ0v) is 7.22. The second kappa shape index (κ2) is 2.31. The fourth-order valence-corrected chi connectivity index (χ4v) is 3.01. The van der Waals surface area contributed by atoms with Gasteiger partial charge in [-0.15, -0.1) is 0 Å². The molecule has 2 aliphatic rings. The molecule has 2 heteroatoms. The summed E-state index contributed by atoms with van der Waals surface area (Å²) in [5.41, 5.74) is 0. The minimum absolute atomic E-state index is 0.417. The van der Waals surface area contributed by atoms with Crippen molar-refractivity contribution in [1.82, 2.24) is 0 Å². The molecule has 0 spiro atoms. The molecule has 3 atom stereocenters. The number of hydrogen-bond donors (Lipinski definition) is 0. The molecule has 0 nitrogen and oxygen atoms in total. The van der Waals surface area contributed by atoms with Crippen molar-refractivity contribution in [3.05, 3.63) is 0 Å². The molecule has 0 N–H and O–H groups in total. The van der Waals surface area contributed by atoms with E-state index < -0.39 is 5.21 Å². The van der Waals surface area contributed by atoms with Crippen LogP contribution >= 0.6 is 0 Å². The van der Waals surface area contributed by atoms with Crippen molar-refractivity contribution in [3.63, 3.8) is 0 Å². The third kappa shape index (κ3) is 1.25. The predicted octanol–water partition coefficient (Wildman–Crippen LogP) is 1.90. The van der Waals surface area contributed by atoms with Gasteiger partial charge in [0, 0.05) is 0 Å². The Kier molecular flexibility index (Phi) is 1.63. The molecule has 0 aromatic carbocycles. The smallest absolute Gasteiger partial charge is 0.0620 e. The SMILES string of the molecule is [B]C([B])(C)C1CC2CCC1C2. The Bertz CT molecular complexity index is 159. The highest BCUT2D eigenvalue weighted by Crippen LogP contribution is 2.54. The van der Waals surface area contributed by atoms with E-state index in [1.54, 1.807) is 0 Å². The van der Waals surface area contributed by atoms with Crippen LogP contribution in [0.15, 0.2) is 0 Å². The van der Waals surface area contributed by atoms with Gasteiger partial charge in [-0.25, -0.2) is 0 Å². The summed E-state index contributed by atoms with van der Waals surface area (Å²) < 4.78 is 0. The first kappa shape index (κ1) is 7.76. The van der Waals surface area contributed by atoms with Crippen molar-refractivity contribution in [2.75, 3.05) is 0 Å². The van der Waals surface area contributed by atoms with Crippen LogP contribution < -0.4 is 0 Å². The van der Waals surface area contributed by atoms with Crippen molar-refractivity contribution in [2.45, 2.75) is 37.8 Å². The summed E-state index contributed by atoms with van der Waals surface area (Å²) in [6.07, 6.45) is 5.49. The minimum Gasteiger partial charge on any atom is -0.0987 e. The van der Waals surface area contributed by atoms with Crippen LogP contribution in [0.5, 0.6) is 0 Å². The molecular formula is C9H14B2. The molecule has 2 fully saturated rings. The normalized spacial score (nSPS) is 43.2. The maximum Gasteiger partial charge on any atom is 0.0620 e. The van der Waals surface area contributed by atoms with E-state index in [-0.39, 0.29) is 0 Å². The first-order chi connectivity index (χ1) is 5.07. The summed E-state index contributed by atoms with van der Waals surface area (Å²) in [5.74, 6) is 2.40. The largest absolute Gasteiger partial charge is 0.0987 e. The molecule has 0 aromatic heterocycles. The van der Waals surface area contributed by atoms with Gasteiger partial charge in [0.15, 0.2) is 0 Å². The monoisotopic (exact) mass is 144 g/mol. The third-order valence-electron chi connectivity index (χ3n) is 3.54. The molecular weight excluding hydrogens is 130 g/mol. The predicted molar refractivity (Wildman–Crippen MR) is 48.8 cm³/mol. The van der Waals surface area contributed by atoms with E-state index in [1.807, 2.05) is 6.92 Å². The summed E-state index contributed by atoms with van der Waals surface area (Å²) in [7, 11) is 11.8. The van der Waals surface area contributed by atoms with Crippen LogP contribution in [0, 0.1) is 17.8 Å². The zero-order valence-electron chi connectivity index (χ0n) is 7.22. The molecule has 0 saturated heterocycles. The maximum absolute atomic E-state index is 5.91. The van der Waals surface area contributed by atoms with E-state index >= 15 is 0 Å². The molecule has 4 radical (unpaired) electrons. The highest BCUT2D eigenvalue weighted by Gasteiger charge is 2.43. The molecule has 2 bridgehead atoms. The molecule has 2 aliphatic carbocycles. The summed E-state index contributed by atoms with van der Waals surface area (Å²) in [5, 5.41) is -0.417. The molecule has 3 unspecified atom stereocenters. The average molecular weight is 144 g/mol. The summed E-state index contributed by atoms with van der Waals surface area (Å²) in [4.78, 5) is 0. The van der Waals surface area contributed by atoms with Crippen LogP contribution in [0.2, 0.25) is 5.21 Å². The Hall–Kier alpha value is 0.130. The minimum atomic E-state index is -0.417. The Morgan fingerprint density at radius 2 is 1.91 bits per heavy atom. The topological polar surface area (TPSA) is 0 Å². The van der Waals surface area contributed by atoms with Gasteiger partial charge in [0.1, 0.15) is 0 Å². The zero-order chi connectivity index (χ0) is 8.06. The fourth-order valence-electron chi connectivity index (χ4n) is 3.01. The second-order valence-corrected chi connectivity index (χ2v) is 4.65. The third-order valence-corrected chi connectivity index (χ3v) is 3.54. The van der Waals surface area contributed by atoms with Crippen molar-refractivity contribution in [2.24, 2.45) is 17.8 Å². The Labute approximate surface area is 72.0 Å². The van der Waals surface area contributed by atoms with Gasteiger partial charge in [-0.2, -0.15) is 0 Å². The molecule has 2 saturated carbocycles. The summed E-state index contributed by atoms with van der Waals surface area (Å²) >= 11 is 0. The highest BCUT2D eigenvalue weighted by atomic mass is 14.5. The van der Waals surface area contributed by atoms with E-state index in [0.29, 0.717) is 5.92 Å². The molecule has 0 aliphatic heterocycles. The van der Waals surface area contributed by atoms with E-state index in [1.165, 1.54) is 25.7 Å². The quantitative estimate of drug-likeness (QED) is 0.492. The van der Waals surface area contributed by atoms with Crippen molar-refractivity contribution >= 4 is 15.7 Å². The molecule has 11 heavy (non-hydrogen) atoms. The molecule has 0 amide bonds. The van der Waals surface area contributed by atoms with E-state index in [9.17, 15) is 0 Å². The maximum atomic E-state index is 5.91. The highest BCUT2D eigenvalue weighted by molar-refractivity contribution is 6.39. The van der Waals surface area contributed by atoms with Crippen LogP contribution in [0.4, 0.5) is 0 Å². The van der Waals surface area contributed by atoms with Gasteiger partial charge in [-0.3, -0.25) is 0 Å². The summed E-state index contributed by atoms with van der Waals surface area (Å²) in [6, 6.07) is 0. The van der Waals surface area contributed by atoms with Gasteiger partial charge in [-0.05, 0) is 37.0 Å². The number of rotatable bonds is 1. The molecule has 0 heterocycles. The Morgan fingerprint density at radius 3 is 2.18 bits per heavy atom. The fraction of sp³-hybridized carbons (Fsp3) is 1.00. The van der Waals surface area contributed by atoms with Gasteiger partial charge in [-0.1, -0.05) is 18.6 Å². The second-order valence-electron chi connectivity index (χ2n) is 4.65. The van der Waals surface area contributed by atoms with Crippen LogP contribution in [0.1, 0.15) is 32.6 Å². The first-order valence-electron chi connectivity index (χ1n) is 4.65. The Morgan fingerprint density at radius 1 is 1.18 bits per heavy atom. The van der Waals surface area contributed by atoms with Crippen LogP contribution in [0.3, 0.4) is 0 Å². The lowest BCUT2D eigenvalue weighted by molar-refractivity contribution is 0.306. The van der Waals surface area contributed by atoms with E-state index in [0.717, 1.165) is 11.8 Å². The standard InChI is InChI=1S/C9H14B2/c1-9(10,11)8-5-6-2-3-7(8)4-6/h6-8H,2-5H2,1H3. The average Bonchev–Trinajstić information content (AvgIpc) is 2.42. The van der Waals surface area contributed by atoms with Crippen LogP contribution in [-0.4, -0.2) is 15.7 Å². The van der Waals surface area contributed by atoms with Crippen LogP contribution in [-0.2, 0) is 0 Å². The summed E-state index contributed by atoms with van der Waals surface area (Å²) in [6.45, 7) is 1.97. The van der Waals surface area contributed by atoms with Gasteiger partial charge >= 0.3 is 0 Å². The lowest BCUT2D eigenvalue weighted by Gasteiger charge is -2.35. The Balaban J connectivity index is 2.08. The lowest BCUT2D eigenvalue weighted by Crippen LogP contribution is -2.25. The number of hydrogen-bond acceptors (Lipinski definition) is 0. The van der Waals surface area contributed by atoms with E-state index in [2.05, 4.69) is 0 Å². The number of fused-ring (bicyclic) bond motifs is 2. The van der Waals surface area contributed by atoms with Crippen molar-refractivity contribution in [3.8, 4) is 0 Å². The van der Waals surface area contributed by atoms with E-state index in [4.69, 9.17) is 15.7 Å². The van der Waals surface area contributed by atoms with Crippen LogP contribution in [0.25, 0.3) is 0 Å². The first-order valence-corrected chi connectivity index (χ1v) is 4.65. The van der Waals surface area contributed by atoms with Crippen molar-refractivity contribution in [1.29, 1.82) is 0 Å². The van der Waals surface area contributed by atoms with Gasteiger partial charge in [0.05, 0.1) is 15.7 Å². The molecule has 2 rings (SSSR count). The van der Waals surface area contributed by atoms with Gasteiger partial charge < -0.3 is 0 Å². The van der Waals surface area contributed by atoms with Crippen molar-refractivity contribution < 1.29 is 0 Å². The van der Waals surface area contributed by atoms with Gasteiger partial charge in [0.2, 0.25) is 0 Å². The molecule has 0 aromatic rings. The van der Waals surface area contributed by atoms with Gasteiger partial charge in [0.25, 0.3) is 0 Å². The molecule has 56 valence electrons. The lowest BCUT2D eigenvalue weighted by atomic mass is 9.47.